The van der Waals surface area contributed by atoms with Crippen LogP contribution < -0.4 is 0 Å². The smallest absolute Gasteiger partial charge is 0.313 e. The first kappa shape index (κ1) is 49.8. The summed E-state index contributed by atoms with van der Waals surface area (Å²) in [7, 11) is 0. The number of rotatable bonds is 17. The fourth-order valence-electron chi connectivity index (χ4n) is 3.89. The first-order chi connectivity index (χ1) is 24.2. The molecule has 2 fully saturated rings. The predicted octanol–water partition coefficient (Wildman–Crippen LogP) is 9.23. The van der Waals surface area contributed by atoms with Crippen molar-refractivity contribution in [3.63, 3.8) is 0 Å². The lowest BCUT2D eigenvalue weighted by Gasteiger charge is -2.27. The molecule has 0 aliphatic carbocycles. The zero-order valence-corrected chi connectivity index (χ0v) is 35.6. The first-order valence-electron chi connectivity index (χ1n) is 19.8. The van der Waals surface area contributed by atoms with Gasteiger partial charge < -0.3 is 33.2 Å². The summed E-state index contributed by atoms with van der Waals surface area (Å²) < 4.78 is 36.6. The Morgan fingerprint density at radius 1 is 0.769 bits per heavy atom. The molecule has 11 heteroatoms. The summed E-state index contributed by atoms with van der Waals surface area (Å²) in [6.07, 6.45) is 9.23. The average molecular weight is 744 g/mol. The number of ether oxygens (including phenoxy) is 7. The van der Waals surface area contributed by atoms with Gasteiger partial charge in [0.15, 0.2) is 12.2 Å². The minimum Gasteiger partial charge on any atom is -0.479 e. The molecule has 0 spiro atoms. The molecule has 3 rings (SSSR count). The number of unbranched alkanes of at least 4 members (excludes halogenated alkanes) is 2. The van der Waals surface area contributed by atoms with Gasteiger partial charge in [0.1, 0.15) is 19.3 Å². The highest BCUT2D eigenvalue weighted by Gasteiger charge is 2.32. The predicted molar refractivity (Wildman–Crippen MR) is 206 cm³/mol. The molecule has 0 aromatic rings. The molecular weight excluding hydrogens is 666 g/mol. The van der Waals surface area contributed by atoms with Crippen LogP contribution >= 0.6 is 0 Å². The van der Waals surface area contributed by atoms with Crippen LogP contribution in [0.4, 0.5) is 0 Å². The van der Waals surface area contributed by atoms with Crippen LogP contribution in [0.2, 0.25) is 0 Å². The van der Waals surface area contributed by atoms with Gasteiger partial charge in [-0.3, -0.25) is 19.4 Å². The molecule has 3 aliphatic rings. The van der Waals surface area contributed by atoms with Crippen molar-refractivity contribution < 1.29 is 47.5 Å². The van der Waals surface area contributed by atoms with Crippen LogP contribution in [-0.4, -0.2) is 82.1 Å². The van der Waals surface area contributed by atoms with Crippen LogP contribution in [0.1, 0.15) is 161 Å². The molecule has 306 valence electrons. The molecule has 3 unspecified atom stereocenters. The van der Waals surface area contributed by atoms with Crippen molar-refractivity contribution >= 4 is 23.8 Å². The zero-order valence-electron chi connectivity index (χ0n) is 35.6. The molecule has 52 heavy (non-hydrogen) atoms. The summed E-state index contributed by atoms with van der Waals surface area (Å²) in [6, 6.07) is 0. The van der Waals surface area contributed by atoms with Crippen molar-refractivity contribution in [2.45, 2.75) is 180 Å². The summed E-state index contributed by atoms with van der Waals surface area (Å²) in [4.78, 5) is 39.0. The van der Waals surface area contributed by atoms with Crippen LogP contribution in [0, 0.1) is 21.7 Å². The van der Waals surface area contributed by atoms with Crippen LogP contribution in [0.5, 0.6) is 0 Å². The molecule has 3 heterocycles. The van der Waals surface area contributed by atoms with E-state index in [0.717, 1.165) is 83.4 Å². The molecule has 0 saturated carbocycles. The first-order valence-corrected chi connectivity index (χ1v) is 19.8. The third-order valence-electron chi connectivity index (χ3n) is 9.91. The topological polar surface area (TPSA) is 131 Å². The normalized spacial score (nSPS) is 19.1. The minimum absolute atomic E-state index is 0.125. The second-order valence-electron chi connectivity index (χ2n) is 16.3. The third-order valence-corrected chi connectivity index (χ3v) is 9.91. The van der Waals surface area contributed by atoms with Gasteiger partial charge in [0, 0.05) is 11.8 Å². The Kier molecular flexibility index (Phi) is 23.9. The molecule has 0 aromatic heterocycles. The fourth-order valence-corrected chi connectivity index (χ4v) is 3.89. The molecule has 11 nitrogen and oxygen atoms in total. The maximum atomic E-state index is 11.7. The lowest BCUT2D eigenvalue weighted by molar-refractivity contribution is -0.196. The van der Waals surface area contributed by atoms with Crippen molar-refractivity contribution in [2.75, 3.05) is 39.6 Å². The lowest BCUT2D eigenvalue weighted by Crippen LogP contribution is -2.32. The molecular formula is C41H77NO10. The molecule has 2 saturated heterocycles. The molecule has 0 radical (unpaired) electrons. The van der Waals surface area contributed by atoms with Gasteiger partial charge in [0.25, 0.3) is 0 Å². The standard InChI is InChI=1S/C13H26O3.C11H20O3.C9H16O3.C8H15NO/c1-6-8-9-10-15-11(3)16-12(14)13(4,5)7-2;1-4-11(2,3)10(12)14-9-7-5-6-8-13-9;1-4-9(2,3)8(10)12-6-7-5-11-7;1-4-8(2,3)7-9-5-6-10-7/h11H,6-10H2,1-5H3;9H,4-8H2,1-3H3;7H,4-6H2,1-3H3;4-6H2,1-3H3. The van der Waals surface area contributed by atoms with E-state index in [1.807, 2.05) is 62.3 Å². The number of epoxide rings is 1. The van der Waals surface area contributed by atoms with Gasteiger partial charge in [-0.05, 0) is 93.4 Å². The SMILES string of the molecule is CCC(C)(C)C(=O)OC1CCCCO1.CCC(C)(C)C(=O)OCC1CO1.CCC(C)(C)C1=NCCO1.CCCCCOC(C)OC(=O)C(C)(C)CC. The largest absolute Gasteiger partial charge is 0.479 e. The van der Waals surface area contributed by atoms with Gasteiger partial charge in [0.2, 0.25) is 6.29 Å². The second-order valence-corrected chi connectivity index (χ2v) is 16.3. The van der Waals surface area contributed by atoms with E-state index in [1.54, 1.807) is 6.92 Å². The second kappa shape index (κ2) is 25.0. The quantitative estimate of drug-likeness (QED) is 0.0467. The Hall–Kier alpha value is -2.24. The van der Waals surface area contributed by atoms with E-state index in [1.165, 1.54) is 6.42 Å². The summed E-state index contributed by atoms with van der Waals surface area (Å²) in [6.45, 7) is 31.9. The number of carbonyl (C=O) groups excluding carboxylic acids is 3. The Bertz CT molecular complexity index is 1040. The minimum atomic E-state index is -0.435. The van der Waals surface area contributed by atoms with Gasteiger partial charge in [-0.2, -0.15) is 0 Å². The van der Waals surface area contributed by atoms with Crippen LogP contribution in [0.15, 0.2) is 4.99 Å². The highest BCUT2D eigenvalue weighted by atomic mass is 16.7. The summed E-state index contributed by atoms with van der Waals surface area (Å²) in [5.41, 5.74) is -1.01. The van der Waals surface area contributed by atoms with Crippen LogP contribution in [0.25, 0.3) is 0 Å². The summed E-state index contributed by atoms with van der Waals surface area (Å²) >= 11 is 0. The number of aliphatic imine (C=N–C) groups is 1. The molecule has 0 aromatic carbocycles. The highest BCUT2D eigenvalue weighted by Crippen LogP contribution is 2.26. The fraction of sp³-hybridized carbons (Fsp3) is 0.902. The van der Waals surface area contributed by atoms with Gasteiger partial charge >= 0.3 is 17.9 Å². The Morgan fingerprint density at radius 3 is 1.81 bits per heavy atom. The van der Waals surface area contributed by atoms with Crippen LogP contribution in [0.3, 0.4) is 0 Å². The Morgan fingerprint density at radius 2 is 1.35 bits per heavy atom. The van der Waals surface area contributed by atoms with Gasteiger partial charge in [0.05, 0.1) is 42.6 Å². The molecule has 3 aliphatic heterocycles. The van der Waals surface area contributed by atoms with E-state index in [9.17, 15) is 14.4 Å². The molecule has 0 amide bonds. The lowest BCUT2D eigenvalue weighted by atomic mass is 9.90. The van der Waals surface area contributed by atoms with Crippen molar-refractivity contribution in [1.29, 1.82) is 0 Å². The van der Waals surface area contributed by atoms with E-state index < -0.39 is 11.7 Å². The van der Waals surface area contributed by atoms with Crippen molar-refractivity contribution in [3.8, 4) is 0 Å². The Balaban J connectivity index is 0.000000675. The molecule has 0 N–H and O–H groups in total. The van der Waals surface area contributed by atoms with Crippen molar-refractivity contribution in [2.24, 2.45) is 26.7 Å². The average Bonchev–Trinajstić information content (AvgIpc) is 3.78. The van der Waals surface area contributed by atoms with Crippen LogP contribution in [-0.2, 0) is 47.5 Å². The zero-order chi connectivity index (χ0) is 40.0. The number of esters is 3. The van der Waals surface area contributed by atoms with Crippen molar-refractivity contribution in [3.05, 3.63) is 0 Å². The summed E-state index contributed by atoms with van der Waals surface area (Å²) in [5.74, 6) is 0.486. The molecule has 0 bridgehead atoms. The summed E-state index contributed by atoms with van der Waals surface area (Å²) in [5, 5.41) is 0. The number of carbonyl (C=O) groups is 3. The highest BCUT2D eigenvalue weighted by molar-refractivity contribution is 5.82. The van der Waals surface area contributed by atoms with Gasteiger partial charge in [-0.25, -0.2) is 0 Å². The van der Waals surface area contributed by atoms with E-state index in [0.29, 0.717) is 19.8 Å². The van der Waals surface area contributed by atoms with Crippen molar-refractivity contribution in [1.82, 2.24) is 0 Å². The maximum absolute atomic E-state index is 11.7. The monoisotopic (exact) mass is 744 g/mol. The Labute approximate surface area is 317 Å². The number of nitrogens with zero attached hydrogens (tertiary/aromatic N) is 1. The van der Waals surface area contributed by atoms with E-state index in [2.05, 4.69) is 32.7 Å². The number of hydrogen-bond donors (Lipinski definition) is 0. The third kappa shape index (κ3) is 20.9. The van der Waals surface area contributed by atoms with E-state index >= 15 is 0 Å². The maximum Gasteiger partial charge on any atom is 0.313 e. The number of hydrogen-bond acceptors (Lipinski definition) is 11. The van der Waals surface area contributed by atoms with Gasteiger partial charge in [-0.15, -0.1) is 0 Å². The van der Waals surface area contributed by atoms with E-state index in [-0.39, 0.29) is 46.5 Å². The molecule has 3 atom stereocenters. The van der Waals surface area contributed by atoms with E-state index in [4.69, 9.17) is 33.2 Å². The van der Waals surface area contributed by atoms with Gasteiger partial charge in [-0.1, -0.05) is 61.3 Å².